The number of ether oxygens (including phenoxy) is 3. The zero-order valence-electron chi connectivity index (χ0n) is 33.1. The van der Waals surface area contributed by atoms with Crippen LogP contribution >= 0.6 is 0 Å². The van der Waals surface area contributed by atoms with E-state index < -0.39 is 41.1 Å². The lowest BCUT2D eigenvalue weighted by atomic mass is 9.88. The van der Waals surface area contributed by atoms with Gasteiger partial charge in [0.1, 0.15) is 23.2 Å². The molecule has 1 aromatic heterocycles. The van der Waals surface area contributed by atoms with E-state index in [1.165, 1.54) is 6.92 Å². The zero-order chi connectivity index (χ0) is 40.0. The fourth-order valence-corrected chi connectivity index (χ4v) is 8.12. The molecular formula is C45H55N3O8. The molecule has 0 unspecified atom stereocenters. The number of pyridine rings is 1. The van der Waals surface area contributed by atoms with Crippen molar-refractivity contribution in [3.05, 3.63) is 72.8 Å². The van der Waals surface area contributed by atoms with Crippen LogP contribution in [0.2, 0.25) is 0 Å². The van der Waals surface area contributed by atoms with Crippen molar-refractivity contribution in [1.29, 1.82) is 0 Å². The summed E-state index contributed by atoms with van der Waals surface area (Å²) in [6.07, 6.45) is 5.11. The first-order chi connectivity index (χ1) is 26.8. The second-order valence-electron chi connectivity index (χ2n) is 16.6. The van der Waals surface area contributed by atoms with Crippen molar-refractivity contribution < 1.29 is 38.2 Å². The van der Waals surface area contributed by atoms with Gasteiger partial charge in [0.2, 0.25) is 5.91 Å². The third-order valence-corrected chi connectivity index (χ3v) is 11.3. The molecule has 1 saturated carbocycles. The number of alkyl carbamates (subject to hydrolysis) is 1. The number of carbonyl (C=O) groups excluding carboxylic acids is 5. The Morgan fingerprint density at radius 1 is 1.07 bits per heavy atom. The number of Topliss-reactive ketones (excluding diaryl/α,β-unsaturated/α-hetero) is 2. The Morgan fingerprint density at radius 2 is 1.86 bits per heavy atom. The maximum absolute atomic E-state index is 14.7. The van der Waals surface area contributed by atoms with Crippen LogP contribution in [0, 0.1) is 17.3 Å². The van der Waals surface area contributed by atoms with Gasteiger partial charge in [0, 0.05) is 47.7 Å². The standard InChI is InChI=1S/C45H55N3O8/c1-6-33-26-45(33,29(2)49)27-39(50)38-24-34-28-48(38)42(52)32(17-13-20-46-43(53)56-44(3,4)5)23-41(51)54-21-12-8-9-14-30-18-19-36-35(22-30)40(55-34)25-37(47-36)31-15-10-7-11-16-31/h6-7,10-11,15-16,18-19,22,25,32-34,38H,1,8-9,12-14,17,20-21,23-24,26-28H2,2-5H3,(H,46,53)/t32-,33-,34-,38+,45+/m1/s1. The van der Waals surface area contributed by atoms with Gasteiger partial charge >= 0.3 is 12.1 Å². The number of amides is 2. The number of hydrogen-bond acceptors (Lipinski definition) is 9. The molecule has 2 aliphatic heterocycles. The van der Waals surface area contributed by atoms with Crippen LogP contribution in [0.4, 0.5) is 4.79 Å². The van der Waals surface area contributed by atoms with E-state index >= 15 is 0 Å². The van der Waals surface area contributed by atoms with Gasteiger partial charge in [0.25, 0.3) is 0 Å². The molecule has 298 valence electrons. The number of hydrogen-bond donors (Lipinski definition) is 1. The van der Waals surface area contributed by atoms with Gasteiger partial charge in [0.15, 0.2) is 5.78 Å². The molecule has 2 amide bonds. The van der Waals surface area contributed by atoms with E-state index in [2.05, 4.69) is 24.0 Å². The molecule has 3 aromatic rings. The van der Waals surface area contributed by atoms with E-state index in [-0.39, 0.29) is 68.8 Å². The van der Waals surface area contributed by atoms with E-state index in [1.54, 1.807) is 31.7 Å². The van der Waals surface area contributed by atoms with Crippen LogP contribution in [0.3, 0.4) is 0 Å². The maximum atomic E-state index is 14.7. The predicted octanol–water partition coefficient (Wildman–Crippen LogP) is 7.57. The SMILES string of the molecule is C=C[C@@H]1C[C@]1(CC(=O)[C@@H]1C[C@@H]2CN1C(=O)[C@H](CCCNC(=O)OC(C)(C)C)CC(=O)OCCCCCc1ccc3nc(-c4ccccc4)cc(c3c1)O2)C(C)=O. The van der Waals surface area contributed by atoms with Crippen LogP contribution in [0.1, 0.15) is 91.0 Å². The van der Waals surface area contributed by atoms with Gasteiger partial charge in [-0.15, -0.1) is 6.58 Å². The van der Waals surface area contributed by atoms with Crippen molar-refractivity contribution in [2.45, 2.75) is 110 Å². The largest absolute Gasteiger partial charge is 0.488 e. The lowest BCUT2D eigenvalue weighted by molar-refractivity contribution is -0.150. The number of rotatable bonds is 10. The summed E-state index contributed by atoms with van der Waals surface area (Å²) >= 11 is 0. The van der Waals surface area contributed by atoms with Crippen molar-refractivity contribution in [2.24, 2.45) is 17.3 Å². The first kappa shape index (κ1) is 40.6. The first-order valence-corrected chi connectivity index (χ1v) is 20.0. The number of nitrogens with zero attached hydrogens (tertiary/aromatic N) is 2. The molecule has 3 heterocycles. The number of allylic oxidation sites excluding steroid dienone is 1. The minimum atomic E-state index is -0.868. The lowest BCUT2D eigenvalue weighted by Gasteiger charge is -2.29. The predicted molar refractivity (Wildman–Crippen MR) is 213 cm³/mol. The van der Waals surface area contributed by atoms with E-state index in [4.69, 9.17) is 19.2 Å². The average molecular weight is 766 g/mol. The Kier molecular flexibility index (Phi) is 12.6. The summed E-state index contributed by atoms with van der Waals surface area (Å²) in [5.41, 5.74) is 2.09. The minimum absolute atomic E-state index is 0.00753. The molecule has 2 fully saturated rings. The van der Waals surface area contributed by atoms with Crippen molar-refractivity contribution in [1.82, 2.24) is 15.2 Å². The van der Waals surface area contributed by atoms with Crippen LogP contribution in [-0.2, 0) is 35.1 Å². The molecule has 1 N–H and O–H groups in total. The fraction of sp³-hybridized carbons (Fsp3) is 0.511. The normalized spacial score (nSPS) is 24.4. The molecule has 1 aliphatic carbocycles. The number of aromatic nitrogens is 1. The molecule has 4 bridgehead atoms. The fourth-order valence-electron chi connectivity index (χ4n) is 8.12. The van der Waals surface area contributed by atoms with Crippen LogP contribution < -0.4 is 10.1 Å². The number of aryl methyl sites for hydroxylation is 1. The van der Waals surface area contributed by atoms with Crippen molar-refractivity contribution >= 4 is 40.4 Å². The summed E-state index contributed by atoms with van der Waals surface area (Å²) in [5, 5.41) is 3.58. The van der Waals surface area contributed by atoms with Crippen LogP contribution in [0.5, 0.6) is 5.75 Å². The number of fused-ring (bicyclic) bond motifs is 3. The highest BCUT2D eigenvalue weighted by atomic mass is 16.6. The molecule has 2 aromatic carbocycles. The highest BCUT2D eigenvalue weighted by molar-refractivity contribution is 5.97. The Labute approximate surface area is 329 Å². The van der Waals surface area contributed by atoms with Gasteiger partial charge in [-0.1, -0.05) is 42.5 Å². The quantitative estimate of drug-likeness (QED) is 0.126. The molecule has 3 aliphatic rings. The van der Waals surface area contributed by atoms with Gasteiger partial charge in [-0.3, -0.25) is 19.2 Å². The van der Waals surface area contributed by atoms with Crippen molar-refractivity contribution in [3.8, 4) is 17.0 Å². The highest BCUT2D eigenvalue weighted by Gasteiger charge is 2.58. The van der Waals surface area contributed by atoms with E-state index in [0.717, 1.165) is 47.0 Å². The van der Waals surface area contributed by atoms with Crippen LogP contribution in [0.15, 0.2) is 67.3 Å². The second-order valence-corrected chi connectivity index (χ2v) is 16.6. The minimum Gasteiger partial charge on any atom is -0.488 e. The number of benzene rings is 2. The monoisotopic (exact) mass is 765 g/mol. The third kappa shape index (κ3) is 9.84. The molecule has 1 saturated heterocycles. The van der Waals surface area contributed by atoms with Gasteiger partial charge in [-0.25, -0.2) is 9.78 Å². The first-order valence-electron chi connectivity index (χ1n) is 20.0. The van der Waals surface area contributed by atoms with Crippen LogP contribution in [-0.4, -0.2) is 76.9 Å². The van der Waals surface area contributed by atoms with E-state index in [0.29, 0.717) is 25.0 Å². The smallest absolute Gasteiger partial charge is 0.407 e. The Hall–Kier alpha value is -5.06. The van der Waals surface area contributed by atoms with Crippen molar-refractivity contribution in [3.63, 3.8) is 0 Å². The zero-order valence-corrected chi connectivity index (χ0v) is 33.1. The van der Waals surface area contributed by atoms with Crippen molar-refractivity contribution in [2.75, 3.05) is 19.7 Å². The summed E-state index contributed by atoms with van der Waals surface area (Å²) in [5.74, 6) is -1.42. The topological polar surface area (TPSA) is 141 Å². The Morgan fingerprint density at radius 3 is 2.57 bits per heavy atom. The summed E-state index contributed by atoms with van der Waals surface area (Å²) in [7, 11) is 0. The van der Waals surface area contributed by atoms with E-state index in [1.807, 2.05) is 42.5 Å². The number of ketones is 2. The lowest BCUT2D eigenvalue weighted by Crippen LogP contribution is -2.45. The molecule has 56 heavy (non-hydrogen) atoms. The molecule has 5 atom stereocenters. The van der Waals surface area contributed by atoms with Gasteiger partial charge in [-0.05, 0) is 96.3 Å². The molecular weight excluding hydrogens is 711 g/mol. The van der Waals surface area contributed by atoms with Gasteiger partial charge < -0.3 is 24.4 Å². The molecule has 11 nitrogen and oxygen atoms in total. The summed E-state index contributed by atoms with van der Waals surface area (Å²) in [4.78, 5) is 74.0. The third-order valence-electron chi connectivity index (χ3n) is 11.3. The summed E-state index contributed by atoms with van der Waals surface area (Å²) in [6, 6.07) is 17.1. The van der Waals surface area contributed by atoms with Gasteiger partial charge in [-0.2, -0.15) is 0 Å². The maximum Gasteiger partial charge on any atom is 0.407 e. The van der Waals surface area contributed by atoms with Gasteiger partial charge in [0.05, 0.1) is 36.8 Å². The number of carbonyl (C=O) groups is 5. The molecule has 0 radical (unpaired) electrons. The Balaban J connectivity index is 1.33. The summed E-state index contributed by atoms with van der Waals surface area (Å²) in [6.45, 7) is 11.3. The Bertz CT molecular complexity index is 1960. The van der Waals surface area contributed by atoms with Crippen LogP contribution in [0.25, 0.3) is 22.2 Å². The van der Waals surface area contributed by atoms with E-state index in [9.17, 15) is 24.0 Å². The molecule has 0 spiro atoms. The average Bonchev–Trinajstić information content (AvgIpc) is 3.72. The number of nitrogens with one attached hydrogen (secondary N) is 1. The second kappa shape index (κ2) is 17.4. The molecule has 11 heteroatoms. The summed E-state index contributed by atoms with van der Waals surface area (Å²) < 4.78 is 17.8. The molecule has 6 rings (SSSR count). The number of cyclic esters (lactones) is 1. The number of esters is 1. The highest BCUT2D eigenvalue weighted by Crippen LogP contribution is 2.57.